The van der Waals surface area contributed by atoms with Crippen molar-refractivity contribution in [3.8, 4) is 0 Å². The average molecular weight is 848 g/mol. The first kappa shape index (κ1) is 42.2. The maximum absolute atomic E-state index is 14.3. The number of sulfone groups is 2. The van der Waals surface area contributed by atoms with Gasteiger partial charge in [-0.25, -0.2) is 21.8 Å². The van der Waals surface area contributed by atoms with Gasteiger partial charge in [0.15, 0.2) is 0 Å². The van der Waals surface area contributed by atoms with Crippen LogP contribution >= 0.6 is 11.3 Å². The Hall–Kier alpha value is -4.43. The summed E-state index contributed by atoms with van der Waals surface area (Å²) in [7, 11) is -7.19. The van der Waals surface area contributed by atoms with E-state index >= 15 is 0 Å². The number of fused-ring (bicyclic) bond motifs is 5. The number of nitrogens with zero attached hydrogens (tertiary/aromatic N) is 4. The van der Waals surface area contributed by atoms with E-state index in [1.165, 1.54) is 20.1 Å². The van der Waals surface area contributed by atoms with Crippen molar-refractivity contribution in [1.82, 2.24) is 35.6 Å². The van der Waals surface area contributed by atoms with Crippen LogP contribution in [0, 0.1) is 0 Å². The molecule has 0 saturated carbocycles. The van der Waals surface area contributed by atoms with Gasteiger partial charge in [-0.05, 0) is 63.4 Å². The van der Waals surface area contributed by atoms with Gasteiger partial charge in [-0.3, -0.25) is 28.8 Å². The van der Waals surface area contributed by atoms with E-state index in [1.54, 1.807) is 0 Å². The van der Waals surface area contributed by atoms with Gasteiger partial charge in [-0.1, -0.05) is 30.3 Å². The number of thiazole rings is 1. The number of hydrogen-bond acceptors (Lipinski definition) is 12. The Morgan fingerprint density at radius 3 is 1.67 bits per heavy atom. The average Bonchev–Trinajstić information content (AvgIpc) is 4.00. The van der Waals surface area contributed by atoms with E-state index in [0.717, 1.165) is 29.4 Å². The van der Waals surface area contributed by atoms with Crippen molar-refractivity contribution in [3.05, 3.63) is 52.0 Å². The fourth-order valence-electron chi connectivity index (χ4n) is 8.03. The minimum atomic E-state index is -3.60. The number of nitrogens with one attached hydrogen (secondary N) is 3. The fourth-order valence-corrected chi connectivity index (χ4v) is 10.2. The molecule has 4 aliphatic rings. The number of hydrogen-bond donors (Lipinski definition) is 3. The van der Waals surface area contributed by atoms with Crippen LogP contribution in [0.3, 0.4) is 0 Å². The number of aromatic nitrogens is 1. The van der Waals surface area contributed by atoms with Gasteiger partial charge in [0.25, 0.3) is 5.91 Å². The Kier molecular flexibility index (Phi) is 13.0. The highest BCUT2D eigenvalue weighted by Crippen LogP contribution is 2.29. The summed E-state index contributed by atoms with van der Waals surface area (Å²) in [4.78, 5) is 93.2. The molecule has 20 heteroatoms. The molecule has 0 radical (unpaired) electrons. The molecule has 4 aliphatic heterocycles. The quantitative estimate of drug-likeness (QED) is 0.320. The van der Waals surface area contributed by atoms with Crippen LogP contribution in [-0.2, 0) is 50.1 Å². The van der Waals surface area contributed by atoms with Crippen LogP contribution in [0.4, 0.5) is 0 Å². The van der Waals surface area contributed by atoms with Crippen LogP contribution in [0.5, 0.6) is 0 Å². The van der Waals surface area contributed by atoms with Crippen LogP contribution in [0.15, 0.2) is 35.7 Å². The molecule has 3 fully saturated rings. The molecule has 0 spiro atoms. The van der Waals surface area contributed by atoms with E-state index in [1.807, 2.05) is 30.3 Å². The summed E-state index contributed by atoms with van der Waals surface area (Å²) in [5, 5.41) is 10.3. The second kappa shape index (κ2) is 17.6. The highest BCUT2D eigenvalue weighted by Gasteiger charge is 2.45. The molecule has 1 unspecified atom stereocenters. The minimum Gasteiger partial charge on any atom is -0.345 e. The Morgan fingerprint density at radius 1 is 0.649 bits per heavy atom. The first-order valence-corrected chi connectivity index (χ1v) is 24.2. The minimum absolute atomic E-state index is 0.0627. The molecule has 2 bridgehead atoms. The van der Waals surface area contributed by atoms with E-state index in [-0.39, 0.29) is 44.6 Å². The molecule has 310 valence electrons. The van der Waals surface area contributed by atoms with E-state index in [0.29, 0.717) is 43.5 Å². The second-order valence-electron chi connectivity index (χ2n) is 15.3. The van der Waals surface area contributed by atoms with Crippen molar-refractivity contribution in [1.29, 1.82) is 0 Å². The van der Waals surface area contributed by atoms with Crippen molar-refractivity contribution < 1.29 is 45.6 Å². The highest BCUT2D eigenvalue weighted by atomic mass is 32.2. The van der Waals surface area contributed by atoms with Crippen molar-refractivity contribution in [2.75, 3.05) is 43.7 Å². The molecule has 1 aromatic heterocycles. The monoisotopic (exact) mass is 847 g/mol. The SMILES string of the molecule is CS(=O)(=O)CC[C@@H]1NC(=O)c2csc(n2)C(Cc2ccccc2)NC(=O)[C@@H]2CCCN2C(=O)[C@@H]2CCCN2C(=O)[C@H](CCS(C)(=O)=O)NC(=O)[C@@H]2CCCN2C1=O. The topological polar surface area (TPSA) is 229 Å². The zero-order valence-electron chi connectivity index (χ0n) is 31.9. The van der Waals surface area contributed by atoms with Crippen LogP contribution in [0.1, 0.15) is 78.5 Å². The zero-order chi connectivity index (χ0) is 41.1. The van der Waals surface area contributed by atoms with E-state index in [9.17, 15) is 45.6 Å². The molecule has 2 aromatic rings. The molecule has 3 saturated heterocycles. The van der Waals surface area contributed by atoms with Gasteiger partial charge in [-0.2, -0.15) is 0 Å². The van der Waals surface area contributed by atoms with Crippen molar-refractivity contribution >= 4 is 66.5 Å². The van der Waals surface area contributed by atoms with E-state index < -0.39 is 103 Å². The van der Waals surface area contributed by atoms with Gasteiger partial charge >= 0.3 is 0 Å². The smallest absolute Gasteiger partial charge is 0.271 e. The van der Waals surface area contributed by atoms with Crippen LogP contribution in [-0.4, -0.2) is 146 Å². The Morgan fingerprint density at radius 2 is 1.12 bits per heavy atom. The van der Waals surface area contributed by atoms with E-state index in [2.05, 4.69) is 20.9 Å². The number of rotatable bonds is 8. The molecular formula is C37H49N7O10S3. The summed E-state index contributed by atoms with van der Waals surface area (Å²) in [6.45, 7) is 0.554. The third kappa shape index (κ3) is 10.4. The standard InChI is InChI=1S/C37H49N7O10S3/c1-56(51,52)19-14-24-35(48)42-16-6-11-28(42)32(46)39-25(15-20-57(2,53)54)36(49)44-18-8-13-30(44)37(50)43-17-7-12-29(43)33(47)40-26(21-23-9-4-3-5-10-23)34-41-27(22-55-34)31(45)38-24/h3-5,9-10,22,24-26,28-30H,6-8,11-21H2,1-2H3,(H,38,45)(H,39,46)(H,40,47)/t24-,25-,26?,28-,29-,30-/m0/s1. The van der Waals surface area contributed by atoms with E-state index in [4.69, 9.17) is 0 Å². The van der Waals surface area contributed by atoms with Gasteiger partial charge in [0.1, 0.15) is 60.6 Å². The normalized spacial score (nSPS) is 26.9. The van der Waals surface area contributed by atoms with Gasteiger partial charge < -0.3 is 30.7 Å². The number of carbonyl (C=O) groups excluding carboxylic acids is 6. The van der Waals surface area contributed by atoms with Gasteiger partial charge in [-0.15, -0.1) is 11.3 Å². The molecule has 1 aromatic carbocycles. The summed E-state index contributed by atoms with van der Waals surface area (Å²) >= 11 is 1.12. The van der Waals surface area contributed by atoms with Crippen molar-refractivity contribution in [2.45, 2.75) is 94.0 Å². The lowest BCUT2D eigenvalue weighted by atomic mass is 10.1. The van der Waals surface area contributed by atoms with Gasteiger partial charge in [0.05, 0.1) is 17.5 Å². The highest BCUT2D eigenvalue weighted by molar-refractivity contribution is 7.90. The first-order valence-electron chi connectivity index (χ1n) is 19.2. The first-order chi connectivity index (χ1) is 27.0. The lowest BCUT2D eigenvalue weighted by molar-refractivity contribution is -0.148. The van der Waals surface area contributed by atoms with Crippen molar-refractivity contribution in [3.63, 3.8) is 0 Å². The fraction of sp³-hybridized carbons (Fsp3) is 0.595. The summed E-state index contributed by atoms with van der Waals surface area (Å²) in [6, 6.07) is 2.97. The summed E-state index contributed by atoms with van der Waals surface area (Å²) in [5.41, 5.74) is 0.807. The molecular weight excluding hydrogens is 799 g/mol. The predicted molar refractivity (Wildman–Crippen MR) is 209 cm³/mol. The number of carbonyl (C=O) groups is 6. The second-order valence-corrected chi connectivity index (χ2v) is 20.7. The molecule has 5 heterocycles. The number of amides is 6. The Bertz CT molecular complexity index is 2100. The van der Waals surface area contributed by atoms with Gasteiger partial charge in [0.2, 0.25) is 29.5 Å². The maximum Gasteiger partial charge on any atom is 0.271 e. The Labute approximate surface area is 336 Å². The predicted octanol–water partition coefficient (Wildman–Crippen LogP) is -0.0177. The molecule has 57 heavy (non-hydrogen) atoms. The molecule has 6 atom stereocenters. The van der Waals surface area contributed by atoms with Crippen LogP contribution in [0.25, 0.3) is 0 Å². The van der Waals surface area contributed by atoms with Crippen LogP contribution in [0.2, 0.25) is 0 Å². The summed E-state index contributed by atoms with van der Waals surface area (Å²) in [5.74, 6) is -4.58. The third-order valence-electron chi connectivity index (χ3n) is 10.9. The van der Waals surface area contributed by atoms with Crippen molar-refractivity contribution in [2.24, 2.45) is 0 Å². The lowest BCUT2D eigenvalue weighted by Crippen LogP contribution is -2.59. The molecule has 6 amide bonds. The molecule has 17 nitrogen and oxygen atoms in total. The number of benzene rings is 1. The maximum atomic E-state index is 14.3. The van der Waals surface area contributed by atoms with Gasteiger partial charge in [0, 0.05) is 37.5 Å². The molecule has 6 rings (SSSR count). The summed E-state index contributed by atoms with van der Waals surface area (Å²) in [6.07, 6.45) is 4.00. The third-order valence-corrected chi connectivity index (χ3v) is 13.8. The molecule has 3 N–H and O–H groups in total. The zero-order valence-corrected chi connectivity index (χ0v) is 34.4. The lowest BCUT2D eigenvalue weighted by Gasteiger charge is -2.34. The largest absolute Gasteiger partial charge is 0.345 e. The Balaban J connectivity index is 1.39. The molecule has 0 aliphatic carbocycles. The van der Waals surface area contributed by atoms with Crippen LogP contribution < -0.4 is 16.0 Å². The summed E-state index contributed by atoms with van der Waals surface area (Å²) < 4.78 is 49.0.